The van der Waals surface area contributed by atoms with Gasteiger partial charge in [0, 0.05) is 58.3 Å². The Labute approximate surface area is 135 Å². The van der Waals surface area contributed by atoms with Gasteiger partial charge in [-0.25, -0.2) is 0 Å². The number of aliphatic hydroxyl groups is 4. The molecule has 0 heterocycles. The maximum atomic E-state index is 10.6. The van der Waals surface area contributed by atoms with E-state index < -0.39 is 36.9 Å². The molecule has 0 aliphatic rings. The molecule has 0 bridgehead atoms. The second kappa shape index (κ2) is 9.63. The van der Waals surface area contributed by atoms with E-state index in [0.29, 0.717) is 0 Å². The van der Waals surface area contributed by atoms with Crippen LogP contribution in [0.25, 0.3) is 0 Å². The molecule has 1 amide bonds. The summed E-state index contributed by atoms with van der Waals surface area (Å²) < 4.78 is 0. The van der Waals surface area contributed by atoms with Crippen molar-refractivity contribution in [2.24, 2.45) is 0 Å². The van der Waals surface area contributed by atoms with Gasteiger partial charge in [-0.15, -0.1) is 0 Å². The van der Waals surface area contributed by atoms with E-state index in [0.717, 1.165) is 6.92 Å². The third kappa shape index (κ3) is 6.38. The van der Waals surface area contributed by atoms with E-state index in [4.69, 9.17) is 10.2 Å². The monoisotopic (exact) mass is 260 g/mol. The molecule has 0 aliphatic carbocycles. The van der Waals surface area contributed by atoms with Gasteiger partial charge < -0.3 is 30.5 Å². The second-order valence-electron chi connectivity index (χ2n) is 3.09. The Morgan fingerprint density at radius 1 is 1.31 bits per heavy atom. The summed E-state index contributed by atoms with van der Waals surface area (Å²) in [5, 5.41) is 38.2. The smallest absolute Gasteiger partial charge is 0.217 e. The summed E-state index contributed by atoms with van der Waals surface area (Å²) in [4.78, 5) is 21.1. The number of aliphatic hydroxyl groups excluding tert-OH is 4. The Hall–Kier alpha value is 0.616. The Morgan fingerprint density at radius 3 is 2.12 bits per heavy atom. The zero-order valence-corrected chi connectivity index (χ0v) is 12.3. The molecule has 0 aliphatic heterocycles. The maximum absolute atomic E-state index is 10.6. The fourth-order valence-electron chi connectivity index (χ4n) is 0.983. The van der Waals surface area contributed by atoms with Gasteiger partial charge in [-0.05, 0) is 0 Å². The van der Waals surface area contributed by atoms with E-state index in [2.05, 4.69) is 5.32 Å². The fourth-order valence-corrected chi connectivity index (χ4v) is 0.983. The summed E-state index contributed by atoms with van der Waals surface area (Å²) in [5.74, 6) is -0.558. The zero-order chi connectivity index (χ0) is 12.0. The van der Waals surface area contributed by atoms with Crippen LogP contribution in [-0.2, 0) is 9.59 Å². The summed E-state index contributed by atoms with van der Waals surface area (Å²) in [6.07, 6.45) is -4.72. The van der Waals surface area contributed by atoms with E-state index >= 15 is 0 Å². The first-order chi connectivity index (χ1) is 6.93. The molecule has 4 atom stereocenters. The number of carbonyl (C=O) groups excluding carboxylic acids is 2. The van der Waals surface area contributed by atoms with E-state index in [-0.39, 0.29) is 57.7 Å². The molecule has 1 radical (unpaired) electrons. The van der Waals surface area contributed by atoms with Crippen molar-refractivity contribution in [3.8, 4) is 0 Å². The van der Waals surface area contributed by atoms with Gasteiger partial charge >= 0.3 is 0 Å². The SMILES string of the molecule is CC(=O)N[C@@H](C=O)[C@@H](O)[C@H](O)[C@H](O)CO.[K]. The predicted octanol–water partition coefficient (Wildman–Crippen LogP) is -3.62. The Bertz CT molecular complexity index is 227. The largest absolute Gasteiger partial charge is 0.394 e. The molecule has 0 aromatic carbocycles. The summed E-state index contributed by atoms with van der Waals surface area (Å²) >= 11 is 0. The van der Waals surface area contributed by atoms with Gasteiger partial charge in [0.05, 0.1) is 6.61 Å². The fraction of sp³-hybridized carbons (Fsp3) is 0.750. The molecule has 0 aromatic rings. The van der Waals surface area contributed by atoms with Crippen LogP contribution >= 0.6 is 0 Å². The minimum atomic E-state index is -1.71. The number of nitrogens with one attached hydrogen (secondary N) is 1. The first kappa shape index (κ1) is 19.0. The van der Waals surface area contributed by atoms with Crippen LogP contribution in [0.5, 0.6) is 0 Å². The van der Waals surface area contributed by atoms with Crippen LogP contribution in [-0.4, -0.2) is 115 Å². The Morgan fingerprint density at radius 2 is 1.81 bits per heavy atom. The average molecular weight is 260 g/mol. The molecule has 0 unspecified atom stereocenters. The summed E-state index contributed by atoms with van der Waals surface area (Å²) in [5.41, 5.74) is 0. The molecule has 0 fully saturated rings. The van der Waals surface area contributed by atoms with Crippen molar-refractivity contribution >= 4 is 63.6 Å². The minimum Gasteiger partial charge on any atom is -0.394 e. The van der Waals surface area contributed by atoms with Gasteiger partial charge in [-0.1, -0.05) is 0 Å². The predicted molar refractivity (Wildman–Crippen MR) is 54.5 cm³/mol. The number of carbonyl (C=O) groups is 2. The van der Waals surface area contributed by atoms with Crippen molar-refractivity contribution in [2.75, 3.05) is 6.61 Å². The molecule has 0 rings (SSSR count). The molecule has 0 saturated carbocycles. The molecular weight excluding hydrogens is 245 g/mol. The standard InChI is InChI=1S/C8H15NO6.K/c1-4(12)9-5(2-10)7(14)8(15)6(13)3-11;/h2,5-8,11,13-15H,3H2,1H3,(H,9,12);/t5-,6+,7+,8+;/m0./s1. The molecule has 8 heteroatoms. The van der Waals surface area contributed by atoms with Gasteiger partial charge in [0.2, 0.25) is 5.91 Å². The second-order valence-corrected chi connectivity index (χ2v) is 3.09. The van der Waals surface area contributed by atoms with Gasteiger partial charge in [0.15, 0.2) is 0 Å². The quantitative estimate of drug-likeness (QED) is 0.248. The third-order valence-corrected chi connectivity index (χ3v) is 1.82. The van der Waals surface area contributed by atoms with Gasteiger partial charge in [-0.2, -0.15) is 0 Å². The van der Waals surface area contributed by atoms with Crippen molar-refractivity contribution in [1.29, 1.82) is 0 Å². The van der Waals surface area contributed by atoms with Crippen LogP contribution < -0.4 is 5.32 Å². The van der Waals surface area contributed by atoms with Crippen LogP contribution in [0.1, 0.15) is 6.92 Å². The van der Waals surface area contributed by atoms with E-state index in [1.807, 2.05) is 0 Å². The van der Waals surface area contributed by atoms with Gasteiger partial charge in [0.1, 0.15) is 30.6 Å². The summed E-state index contributed by atoms with van der Waals surface area (Å²) in [6.45, 7) is 0.377. The van der Waals surface area contributed by atoms with E-state index in [1.165, 1.54) is 0 Å². The number of hydrogen-bond donors (Lipinski definition) is 5. The topological polar surface area (TPSA) is 127 Å². The van der Waals surface area contributed by atoms with Crippen LogP contribution in [0, 0.1) is 0 Å². The molecule has 0 saturated heterocycles. The molecular formula is C8H15KNO6. The zero-order valence-electron chi connectivity index (χ0n) is 9.20. The molecule has 0 spiro atoms. The summed E-state index contributed by atoms with van der Waals surface area (Å²) in [7, 11) is 0. The molecule has 89 valence electrons. The maximum Gasteiger partial charge on any atom is 0.217 e. The Kier molecular flexibility index (Phi) is 11.4. The minimum absolute atomic E-state index is 0. The molecule has 0 aromatic heterocycles. The average Bonchev–Trinajstić information content (AvgIpc) is 2.22. The van der Waals surface area contributed by atoms with Crippen LogP contribution in [0.4, 0.5) is 0 Å². The van der Waals surface area contributed by atoms with Gasteiger partial charge in [-0.3, -0.25) is 4.79 Å². The molecule has 5 N–H and O–H groups in total. The van der Waals surface area contributed by atoms with Gasteiger partial charge in [0.25, 0.3) is 0 Å². The van der Waals surface area contributed by atoms with Crippen LogP contribution in [0.15, 0.2) is 0 Å². The van der Waals surface area contributed by atoms with Crippen molar-refractivity contribution in [2.45, 2.75) is 31.3 Å². The first-order valence-corrected chi connectivity index (χ1v) is 4.31. The number of aldehydes is 1. The number of amides is 1. The van der Waals surface area contributed by atoms with Crippen molar-refractivity contribution < 1.29 is 30.0 Å². The van der Waals surface area contributed by atoms with E-state index in [9.17, 15) is 19.8 Å². The third-order valence-electron chi connectivity index (χ3n) is 1.82. The normalized spacial score (nSPS) is 17.6. The van der Waals surface area contributed by atoms with Crippen molar-refractivity contribution in [1.82, 2.24) is 5.32 Å². The van der Waals surface area contributed by atoms with Crippen molar-refractivity contribution in [3.05, 3.63) is 0 Å². The van der Waals surface area contributed by atoms with Crippen LogP contribution in [0.2, 0.25) is 0 Å². The molecule has 7 nitrogen and oxygen atoms in total. The molecule has 16 heavy (non-hydrogen) atoms. The Balaban J connectivity index is 0. The van der Waals surface area contributed by atoms with E-state index in [1.54, 1.807) is 0 Å². The number of rotatable bonds is 6. The van der Waals surface area contributed by atoms with Crippen LogP contribution in [0.3, 0.4) is 0 Å². The first-order valence-electron chi connectivity index (χ1n) is 4.31. The number of hydrogen-bond acceptors (Lipinski definition) is 6. The summed E-state index contributed by atoms with van der Waals surface area (Å²) in [6, 6.07) is -1.32. The van der Waals surface area contributed by atoms with Crippen molar-refractivity contribution in [3.63, 3.8) is 0 Å².